The minimum atomic E-state index is -0.160. The maximum absolute atomic E-state index is 12.0. The Morgan fingerprint density at radius 2 is 2.24 bits per heavy atom. The van der Waals surface area contributed by atoms with Gasteiger partial charge in [0, 0.05) is 13.6 Å². The summed E-state index contributed by atoms with van der Waals surface area (Å²) in [5.41, 5.74) is 1.38. The molecule has 9 heteroatoms. The van der Waals surface area contributed by atoms with Gasteiger partial charge in [-0.1, -0.05) is 4.49 Å². The molecule has 3 heterocycles. The molecule has 0 saturated heterocycles. The number of fused-ring (bicyclic) bond motifs is 1. The van der Waals surface area contributed by atoms with E-state index in [2.05, 4.69) is 29.6 Å². The second kappa shape index (κ2) is 5.34. The van der Waals surface area contributed by atoms with Crippen molar-refractivity contribution in [3.63, 3.8) is 0 Å². The fraction of sp³-hybridized carbons (Fsp3) is 0.417. The Hall–Kier alpha value is -2.13. The maximum Gasteiger partial charge on any atom is 0.262 e. The van der Waals surface area contributed by atoms with E-state index >= 15 is 0 Å². The first-order chi connectivity index (χ1) is 10.0. The highest BCUT2D eigenvalue weighted by Crippen LogP contribution is 2.13. The number of nitrogens with zero attached hydrogens (tertiary/aromatic N) is 6. The van der Waals surface area contributed by atoms with Gasteiger partial charge < -0.3 is 4.98 Å². The quantitative estimate of drug-likeness (QED) is 0.752. The van der Waals surface area contributed by atoms with E-state index in [4.69, 9.17) is 0 Å². The topological polar surface area (TPSA) is 92.6 Å². The van der Waals surface area contributed by atoms with Crippen LogP contribution in [0.15, 0.2) is 11.0 Å². The van der Waals surface area contributed by atoms with Gasteiger partial charge >= 0.3 is 0 Å². The number of hydrogen-bond acceptors (Lipinski definition) is 7. The van der Waals surface area contributed by atoms with Crippen LogP contribution in [0.2, 0.25) is 0 Å². The third-order valence-corrected chi connectivity index (χ3v) is 4.04. The minimum absolute atomic E-state index is 0.160. The van der Waals surface area contributed by atoms with Crippen molar-refractivity contribution in [2.75, 3.05) is 7.05 Å². The summed E-state index contributed by atoms with van der Waals surface area (Å²) >= 11 is 1.39. The molecule has 3 aromatic heterocycles. The summed E-state index contributed by atoms with van der Waals surface area (Å²) in [7, 11) is 3.74. The molecule has 0 spiro atoms. The molecule has 0 aliphatic heterocycles. The lowest BCUT2D eigenvalue weighted by atomic mass is 10.3. The van der Waals surface area contributed by atoms with E-state index in [-0.39, 0.29) is 5.56 Å². The van der Waals surface area contributed by atoms with Crippen LogP contribution in [0.25, 0.3) is 11.0 Å². The van der Waals surface area contributed by atoms with Crippen LogP contribution < -0.4 is 5.56 Å². The zero-order chi connectivity index (χ0) is 15.0. The molecule has 3 aromatic rings. The van der Waals surface area contributed by atoms with Gasteiger partial charge in [0.25, 0.3) is 5.56 Å². The lowest BCUT2D eigenvalue weighted by Gasteiger charge is -2.14. The smallest absolute Gasteiger partial charge is 0.262 e. The zero-order valence-corrected chi connectivity index (χ0v) is 12.8. The number of aryl methyl sites for hydroxylation is 2. The van der Waals surface area contributed by atoms with E-state index in [1.54, 1.807) is 11.7 Å². The largest absolute Gasteiger partial charge is 0.309 e. The van der Waals surface area contributed by atoms with Crippen molar-refractivity contribution in [1.82, 2.24) is 34.2 Å². The van der Waals surface area contributed by atoms with Crippen molar-refractivity contribution < 1.29 is 0 Å². The van der Waals surface area contributed by atoms with Crippen molar-refractivity contribution in [2.24, 2.45) is 7.05 Å². The summed E-state index contributed by atoms with van der Waals surface area (Å²) < 4.78 is 5.52. The van der Waals surface area contributed by atoms with Crippen LogP contribution in [0.1, 0.15) is 16.4 Å². The first-order valence-electron chi connectivity index (χ1n) is 6.42. The molecule has 0 unspecified atom stereocenters. The van der Waals surface area contributed by atoms with Crippen LogP contribution >= 0.6 is 11.5 Å². The van der Waals surface area contributed by atoms with Gasteiger partial charge in [0.15, 0.2) is 5.65 Å². The van der Waals surface area contributed by atoms with Crippen LogP contribution in [0.4, 0.5) is 0 Å². The van der Waals surface area contributed by atoms with Crippen LogP contribution in [-0.2, 0) is 20.1 Å². The van der Waals surface area contributed by atoms with E-state index < -0.39 is 0 Å². The monoisotopic (exact) mass is 305 g/mol. The summed E-state index contributed by atoms with van der Waals surface area (Å²) in [6, 6.07) is 0. The standard InChI is InChI=1S/C12H15N7OS/c1-7-9(21-17-16-7)5-18(2)6-10-14-11-8(12(20)15-10)4-13-19(11)3/h4H,5-6H2,1-3H3,(H,14,15,20). The summed E-state index contributed by atoms with van der Waals surface area (Å²) in [6.45, 7) is 3.19. The predicted molar refractivity (Wildman–Crippen MR) is 78.9 cm³/mol. The first-order valence-corrected chi connectivity index (χ1v) is 7.19. The van der Waals surface area contributed by atoms with Gasteiger partial charge in [-0.05, 0) is 25.5 Å². The van der Waals surface area contributed by atoms with E-state index in [0.717, 1.165) is 17.1 Å². The molecular weight excluding hydrogens is 290 g/mol. The van der Waals surface area contributed by atoms with Gasteiger partial charge in [-0.15, -0.1) is 5.10 Å². The molecule has 0 fully saturated rings. The number of aromatic amines is 1. The fourth-order valence-corrected chi connectivity index (χ4v) is 2.82. The predicted octanol–water partition coefficient (Wildman–Crippen LogP) is 0.449. The number of rotatable bonds is 4. The fourth-order valence-electron chi connectivity index (χ4n) is 2.11. The summed E-state index contributed by atoms with van der Waals surface area (Å²) in [5, 5.41) is 8.55. The molecule has 0 aliphatic carbocycles. The molecule has 21 heavy (non-hydrogen) atoms. The highest BCUT2D eigenvalue weighted by molar-refractivity contribution is 7.05. The second-order valence-electron chi connectivity index (χ2n) is 4.97. The number of hydrogen-bond donors (Lipinski definition) is 1. The zero-order valence-electron chi connectivity index (χ0n) is 12.0. The van der Waals surface area contributed by atoms with Crippen LogP contribution in [0, 0.1) is 6.92 Å². The molecule has 1 N–H and O–H groups in total. The maximum atomic E-state index is 12.0. The van der Waals surface area contributed by atoms with Gasteiger partial charge in [-0.3, -0.25) is 14.4 Å². The van der Waals surface area contributed by atoms with Crippen LogP contribution in [0.5, 0.6) is 0 Å². The Balaban J connectivity index is 1.83. The Kier molecular flexibility index (Phi) is 3.52. The normalized spacial score (nSPS) is 11.6. The number of nitrogens with one attached hydrogen (secondary N) is 1. The van der Waals surface area contributed by atoms with Crippen LogP contribution in [0.3, 0.4) is 0 Å². The lowest BCUT2D eigenvalue weighted by molar-refractivity contribution is 0.312. The summed E-state index contributed by atoms with van der Waals surface area (Å²) in [5.74, 6) is 0.619. The average Bonchev–Trinajstić information content (AvgIpc) is 2.98. The van der Waals surface area contributed by atoms with Gasteiger partial charge in [0.1, 0.15) is 11.2 Å². The molecule has 0 atom stereocenters. The first kappa shape index (κ1) is 13.8. The highest BCUT2D eigenvalue weighted by atomic mass is 32.1. The van der Waals surface area contributed by atoms with Gasteiger partial charge in [-0.2, -0.15) is 5.10 Å². The van der Waals surface area contributed by atoms with Crippen molar-refractivity contribution in [3.05, 3.63) is 32.9 Å². The third kappa shape index (κ3) is 2.69. The van der Waals surface area contributed by atoms with Crippen molar-refractivity contribution in [1.29, 1.82) is 0 Å². The van der Waals surface area contributed by atoms with Gasteiger partial charge in [0.05, 0.1) is 23.3 Å². The molecule has 0 aromatic carbocycles. The lowest BCUT2D eigenvalue weighted by Crippen LogP contribution is -2.22. The van der Waals surface area contributed by atoms with E-state index in [1.807, 2.05) is 14.0 Å². The SMILES string of the molecule is Cc1nnsc1CN(C)Cc1nc2c(cnn2C)c(=O)[nH]1. The Morgan fingerprint density at radius 3 is 2.95 bits per heavy atom. The van der Waals surface area contributed by atoms with Crippen LogP contribution in [-0.4, -0.2) is 41.3 Å². The minimum Gasteiger partial charge on any atom is -0.309 e. The van der Waals surface area contributed by atoms with Crippen molar-refractivity contribution in [3.8, 4) is 0 Å². The number of H-pyrrole nitrogens is 1. The van der Waals surface area contributed by atoms with Crippen molar-refractivity contribution in [2.45, 2.75) is 20.0 Å². The summed E-state index contributed by atoms with van der Waals surface area (Å²) in [6.07, 6.45) is 1.53. The Morgan fingerprint density at radius 1 is 1.43 bits per heavy atom. The van der Waals surface area contributed by atoms with Gasteiger partial charge in [0.2, 0.25) is 0 Å². The Bertz CT molecular complexity index is 834. The molecule has 0 bridgehead atoms. The second-order valence-corrected chi connectivity index (χ2v) is 5.81. The molecule has 3 rings (SSSR count). The highest BCUT2D eigenvalue weighted by Gasteiger charge is 2.11. The molecule has 0 amide bonds. The van der Waals surface area contributed by atoms with E-state index in [1.165, 1.54) is 17.7 Å². The molecule has 110 valence electrons. The molecule has 0 aliphatic rings. The average molecular weight is 305 g/mol. The Labute approximate surface area is 124 Å². The van der Waals surface area contributed by atoms with Gasteiger partial charge in [-0.25, -0.2) is 4.98 Å². The molecule has 8 nitrogen and oxygen atoms in total. The molecule has 0 saturated carbocycles. The molecule has 0 radical (unpaired) electrons. The van der Waals surface area contributed by atoms with E-state index in [0.29, 0.717) is 23.4 Å². The summed E-state index contributed by atoms with van der Waals surface area (Å²) in [4.78, 5) is 22.4. The van der Waals surface area contributed by atoms with E-state index in [9.17, 15) is 4.79 Å². The number of aromatic nitrogens is 6. The van der Waals surface area contributed by atoms with Crippen molar-refractivity contribution >= 4 is 22.6 Å². The molecular formula is C12H15N7OS. The third-order valence-electron chi connectivity index (χ3n) is 3.23.